The average molecular weight is 276 g/mol. The van der Waals surface area contributed by atoms with Gasteiger partial charge in [-0.05, 0) is 31.5 Å². The van der Waals surface area contributed by atoms with E-state index in [2.05, 4.69) is 0 Å². The minimum absolute atomic E-state index is 0.0376. The van der Waals surface area contributed by atoms with Crippen LogP contribution in [0, 0.1) is 5.82 Å². The zero-order valence-corrected chi connectivity index (χ0v) is 11.5. The van der Waals surface area contributed by atoms with Crippen LogP contribution in [0.15, 0.2) is 41.5 Å². The Morgan fingerprint density at radius 2 is 1.85 bits per heavy atom. The van der Waals surface area contributed by atoms with Gasteiger partial charge in [-0.3, -0.25) is 13.9 Å². The maximum absolute atomic E-state index is 12.8. The summed E-state index contributed by atoms with van der Waals surface area (Å²) < 4.78 is 15.7. The lowest BCUT2D eigenvalue weighted by atomic mass is 10.1. The molecule has 0 radical (unpaired) electrons. The van der Waals surface area contributed by atoms with Gasteiger partial charge >= 0.3 is 5.69 Å². The molecule has 0 unspecified atom stereocenters. The summed E-state index contributed by atoms with van der Waals surface area (Å²) >= 11 is 0. The summed E-state index contributed by atoms with van der Waals surface area (Å²) in [5.41, 5.74) is 0.556. The van der Waals surface area contributed by atoms with Gasteiger partial charge in [-0.2, -0.15) is 0 Å². The molecule has 20 heavy (non-hydrogen) atoms. The fraction of sp³-hybridized carbons (Fsp3) is 0.333. The Bertz CT molecular complexity index is 653. The number of hydrogen-bond acceptors (Lipinski definition) is 2. The number of nitrogens with zero attached hydrogens (tertiary/aromatic N) is 2. The summed E-state index contributed by atoms with van der Waals surface area (Å²) in [7, 11) is 0. The Labute approximate surface area is 116 Å². The first-order valence-electron chi connectivity index (χ1n) is 6.51. The van der Waals surface area contributed by atoms with E-state index in [0.29, 0.717) is 0 Å². The van der Waals surface area contributed by atoms with E-state index in [-0.39, 0.29) is 36.3 Å². The maximum atomic E-state index is 12.8. The number of rotatable bonds is 5. The van der Waals surface area contributed by atoms with E-state index in [1.807, 2.05) is 13.8 Å². The predicted molar refractivity (Wildman–Crippen MR) is 74.2 cm³/mol. The molecule has 0 saturated carbocycles. The largest absolute Gasteiger partial charge is 0.328 e. The van der Waals surface area contributed by atoms with Crippen molar-refractivity contribution in [3.05, 3.63) is 58.5 Å². The van der Waals surface area contributed by atoms with Gasteiger partial charge in [0.1, 0.15) is 5.82 Å². The number of ketones is 1. The molecule has 5 heteroatoms. The summed E-state index contributed by atoms with van der Waals surface area (Å²) in [6.45, 7) is 3.86. The first kappa shape index (κ1) is 14.2. The lowest BCUT2D eigenvalue weighted by Gasteiger charge is -2.05. The summed E-state index contributed by atoms with van der Waals surface area (Å²) in [5, 5.41) is 0. The molecule has 0 aliphatic heterocycles. The van der Waals surface area contributed by atoms with Gasteiger partial charge in [0, 0.05) is 24.9 Å². The molecular formula is C15H17FN2O2. The Morgan fingerprint density at radius 3 is 2.40 bits per heavy atom. The molecule has 0 fully saturated rings. The van der Waals surface area contributed by atoms with Crippen molar-refractivity contribution in [2.45, 2.75) is 32.9 Å². The standard InChI is InChI=1S/C15H17FN2O2/c1-11(2)18-8-7-17(15(18)20)10-14(19)9-12-3-5-13(16)6-4-12/h3-8,11H,9-10H2,1-2H3. The van der Waals surface area contributed by atoms with Crippen LogP contribution in [0.1, 0.15) is 25.5 Å². The third-order valence-corrected chi connectivity index (χ3v) is 3.09. The number of imidazole rings is 1. The first-order chi connectivity index (χ1) is 9.47. The second-order valence-corrected chi connectivity index (χ2v) is 5.05. The summed E-state index contributed by atoms with van der Waals surface area (Å²) in [4.78, 5) is 23.9. The van der Waals surface area contributed by atoms with Gasteiger partial charge in [0.05, 0.1) is 6.54 Å². The van der Waals surface area contributed by atoms with E-state index in [4.69, 9.17) is 0 Å². The SMILES string of the molecule is CC(C)n1ccn(CC(=O)Cc2ccc(F)cc2)c1=O. The molecule has 0 aliphatic rings. The summed E-state index contributed by atoms with van der Waals surface area (Å²) in [6, 6.07) is 5.87. The third-order valence-electron chi connectivity index (χ3n) is 3.09. The fourth-order valence-corrected chi connectivity index (χ4v) is 2.02. The van der Waals surface area contributed by atoms with Crippen molar-refractivity contribution in [1.29, 1.82) is 0 Å². The number of Topliss-reactive ketones (excluding diaryl/α,β-unsaturated/α-hetero) is 1. The summed E-state index contributed by atoms with van der Waals surface area (Å²) in [5.74, 6) is -0.411. The molecule has 0 spiro atoms. The Kier molecular flexibility index (Phi) is 4.17. The predicted octanol–water partition coefficient (Wildman–Crippen LogP) is 2.18. The molecule has 2 aromatic rings. The third kappa shape index (κ3) is 3.23. The number of halogens is 1. The van der Waals surface area contributed by atoms with Crippen LogP contribution in [0.25, 0.3) is 0 Å². The first-order valence-corrected chi connectivity index (χ1v) is 6.51. The summed E-state index contributed by atoms with van der Waals surface area (Å²) in [6.07, 6.45) is 3.49. The Hall–Kier alpha value is -2.17. The maximum Gasteiger partial charge on any atom is 0.328 e. The molecule has 2 rings (SSSR count). The quantitative estimate of drug-likeness (QED) is 0.840. The van der Waals surface area contributed by atoms with E-state index >= 15 is 0 Å². The molecule has 0 N–H and O–H groups in total. The van der Waals surface area contributed by atoms with Crippen LogP contribution in [0.2, 0.25) is 0 Å². The highest BCUT2D eigenvalue weighted by Crippen LogP contribution is 2.05. The second-order valence-electron chi connectivity index (χ2n) is 5.05. The minimum Gasteiger partial charge on any atom is -0.297 e. The second kappa shape index (κ2) is 5.86. The molecule has 0 bridgehead atoms. The van der Waals surface area contributed by atoms with E-state index in [1.165, 1.54) is 16.7 Å². The molecular weight excluding hydrogens is 259 g/mol. The van der Waals surface area contributed by atoms with Crippen molar-refractivity contribution in [3.63, 3.8) is 0 Å². The van der Waals surface area contributed by atoms with Gasteiger partial charge in [0.25, 0.3) is 0 Å². The van der Waals surface area contributed by atoms with Crippen molar-refractivity contribution in [2.24, 2.45) is 0 Å². The van der Waals surface area contributed by atoms with Gasteiger partial charge in [-0.15, -0.1) is 0 Å². The Morgan fingerprint density at radius 1 is 1.20 bits per heavy atom. The molecule has 0 saturated heterocycles. The number of carbonyl (C=O) groups is 1. The van der Waals surface area contributed by atoms with Crippen molar-refractivity contribution >= 4 is 5.78 Å². The van der Waals surface area contributed by atoms with Crippen LogP contribution in [0.3, 0.4) is 0 Å². The molecule has 1 aromatic carbocycles. The monoisotopic (exact) mass is 276 g/mol. The van der Waals surface area contributed by atoms with Gasteiger partial charge in [0.2, 0.25) is 0 Å². The van der Waals surface area contributed by atoms with Crippen LogP contribution < -0.4 is 5.69 Å². The van der Waals surface area contributed by atoms with Crippen molar-refractivity contribution in [2.75, 3.05) is 0 Å². The normalized spacial score (nSPS) is 11.0. The highest BCUT2D eigenvalue weighted by atomic mass is 19.1. The lowest BCUT2D eigenvalue weighted by Crippen LogP contribution is -2.28. The molecule has 0 atom stereocenters. The molecule has 106 valence electrons. The minimum atomic E-state index is -0.327. The molecule has 1 aromatic heterocycles. The number of aromatic nitrogens is 2. The number of benzene rings is 1. The van der Waals surface area contributed by atoms with Crippen LogP contribution in [0.5, 0.6) is 0 Å². The molecule has 0 aliphatic carbocycles. The van der Waals surface area contributed by atoms with Gasteiger partial charge in [0.15, 0.2) is 5.78 Å². The Balaban J connectivity index is 2.05. The number of hydrogen-bond donors (Lipinski definition) is 0. The lowest BCUT2D eigenvalue weighted by molar-refractivity contribution is -0.119. The molecule has 0 amide bonds. The molecule has 1 heterocycles. The van der Waals surface area contributed by atoms with E-state index in [9.17, 15) is 14.0 Å². The molecule has 4 nitrogen and oxygen atoms in total. The van der Waals surface area contributed by atoms with Crippen LogP contribution in [-0.4, -0.2) is 14.9 Å². The highest BCUT2D eigenvalue weighted by molar-refractivity contribution is 5.80. The average Bonchev–Trinajstić information content (AvgIpc) is 2.74. The highest BCUT2D eigenvalue weighted by Gasteiger charge is 2.10. The zero-order valence-electron chi connectivity index (χ0n) is 11.5. The van der Waals surface area contributed by atoms with Crippen LogP contribution in [-0.2, 0) is 17.8 Å². The smallest absolute Gasteiger partial charge is 0.297 e. The van der Waals surface area contributed by atoms with Crippen molar-refractivity contribution in [1.82, 2.24) is 9.13 Å². The topological polar surface area (TPSA) is 44.0 Å². The fourth-order valence-electron chi connectivity index (χ4n) is 2.02. The zero-order chi connectivity index (χ0) is 14.7. The van der Waals surface area contributed by atoms with E-state index in [1.54, 1.807) is 29.1 Å². The van der Waals surface area contributed by atoms with Gasteiger partial charge in [-0.25, -0.2) is 9.18 Å². The van der Waals surface area contributed by atoms with Gasteiger partial charge in [-0.1, -0.05) is 12.1 Å². The van der Waals surface area contributed by atoms with Crippen LogP contribution in [0.4, 0.5) is 4.39 Å². The van der Waals surface area contributed by atoms with Crippen molar-refractivity contribution in [3.8, 4) is 0 Å². The number of carbonyl (C=O) groups excluding carboxylic acids is 1. The van der Waals surface area contributed by atoms with Gasteiger partial charge < -0.3 is 0 Å². The van der Waals surface area contributed by atoms with E-state index in [0.717, 1.165) is 5.56 Å². The van der Waals surface area contributed by atoms with E-state index < -0.39 is 0 Å². The van der Waals surface area contributed by atoms with Crippen molar-refractivity contribution < 1.29 is 9.18 Å². The van der Waals surface area contributed by atoms with Crippen LogP contribution >= 0.6 is 0 Å².